The second-order valence-corrected chi connectivity index (χ2v) is 7.40. The molecule has 120 valence electrons. The summed E-state index contributed by atoms with van der Waals surface area (Å²) in [6.45, 7) is 0. The number of hydrogen-bond donors (Lipinski definition) is 1. The summed E-state index contributed by atoms with van der Waals surface area (Å²) in [5.41, 5.74) is 0.633. The minimum Gasteiger partial charge on any atom is -0.349 e. The quantitative estimate of drug-likeness (QED) is 0.797. The van der Waals surface area contributed by atoms with Crippen LogP contribution >= 0.6 is 11.8 Å². The Balaban J connectivity index is 2.53. The molecular weight excluding hydrogens is 342 g/mol. The van der Waals surface area contributed by atoms with Crippen molar-refractivity contribution in [3.8, 4) is 12.1 Å². The fourth-order valence-electron chi connectivity index (χ4n) is 1.87. The van der Waals surface area contributed by atoms with Crippen LogP contribution in [-0.4, -0.2) is 14.2 Å². The van der Waals surface area contributed by atoms with Gasteiger partial charge in [-0.25, -0.2) is 8.42 Å². The zero-order chi connectivity index (χ0) is 17.4. The molecule has 0 unspecified atom stereocenters. The first-order valence-corrected chi connectivity index (χ1v) is 9.33. The molecule has 0 saturated heterocycles. The zero-order valence-corrected chi connectivity index (χ0v) is 14.1. The molecule has 0 aliphatic rings. The fraction of sp³-hybridized carbons (Fsp3) is 0.0588. The summed E-state index contributed by atoms with van der Waals surface area (Å²) in [6, 6.07) is 20.3. The number of nitrogens with one attached hydrogen (secondary N) is 1. The minimum absolute atomic E-state index is 0.0185. The first kappa shape index (κ1) is 17.6. The standard InChI is InChI=1S/C17H13N3O2S2/c18-11-12-23-17(20-14-7-3-1-4-8-14)16(13-19)24(21,22)15-9-5-2-6-10-15/h1-10,20H,12H2/b17-16+. The Hall–Kier alpha value is -2.74. The van der Waals surface area contributed by atoms with E-state index in [0.29, 0.717) is 5.69 Å². The largest absolute Gasteiger partial charge is 0.349 e. The summed E-state index contributed by atoms with van der Waals surface area (Å²) >= 11 is 0.976. The van der Waals surface area contributed by atoms with Gasteiger partial charge in [0.25, 0.3) is 0 Å². The van der Waals surface area contributed by atoms with Gasteiger partial charge in [0.2, 0.25) is 9.84 Å². The number of hydrogen-bond acceptors (Lipinski definition) is 6. The summed E-state index contributed by atoms with van der Waals surface area (Å²) in [7, 11) is -3.98. The van der Waals surface area contributed by atoms with Crippen LogP contribution in [0.25, 0.3) is 0 Å². The lowest BCUT2D eigenvalue weighted by molar-refractivity contribution is 0.603. The van der Waals surface area contributed by atoms with Gasteiger partial charge in [-0.3, -0.25) is 0 Å². The van der Waals surface area contributed by atoms with E-state index in [1.54, 1.807) is 48.5 Å². The van der Waals surface area contributed by atoms with Gasteiger partial charge in [-0.2, -0.15) is 10.5 Å². The van der Waals surface area contributed by atoms with E-state index in [2.05, 4.69) is 5.32 Å². The van der Waals surface area contributed by atoms with Crippen LogP contribution in [0.5, 0.6) is 0 Å². The van der Waals surface area contributed by atoms with Crippen molar-refractivity contribution in [1.82, 2.24) is 0 Å². The lowest BCUT2D eigenvalue weighted by atomic mass is 10.3. The van der Waals surface area contributed by atoms with E-state index in [9.17, 15) is 13.7 Å². The molecule has 0 amide bonds. The number of benzene rings is 2. The van der Waals surface area contributed by atoms with E-state index >= 15 is 0 Å². The van der Waals surface area contributed by atoms with Crippen molar-refractivity contribution in [3.63, 3.8) is 0 Å². The van der Waals surface area contributed by atoms with Crippen LogP contribution in [0.4, 0.5) is 5.69 Å². The molecule has 0 radical (unpaired) electrons. The molecule has 0 heterocycles. The Morgan fingerprint density at radius 2 is 1.58 bits per heavy atom. The maximum atomic E-state index is 12.7. The predicted molar refractivity (Wildman–Crippen MR) is 94.4 cm³/mol. The van der Waals surface area contributed by atoms with Crippen molar-refractivity contribution in [2.24, 2.45) is 0 Å². The molecule has 1 N–H and O–H groups in total. The summed E-state index contributed by atoms with van der Waals surface area (Å²) < 4.78 is 25.5. The lowest BCUT2D eigenvalue weighted by Crippen LogP contribution is -2.10. The topological polar surface area (TPSA) is 93.8 Å². The van der Waals surface area contributed by atoms with Gasteiger partial charge >= 0.3 is 0 Å². The third-order valence-corrected chi connectivity index (χ3v) is 5.67. The van der Waals surface area contributed by atoms with Gasteiger partial charge in [0.15, 0.2) is 4.91 Å². The molecule has 5 nitrogen and oxygen atoms in total. The van der Waals surface area contributed by atoms with Crippen LogP contribution < -0.4 is 5.32 Å². The first-order chi connectivity index (χ1) is 11.6. The molecule has 7 heteroatoms. The number of allylic oxidation sites excluding steroid dienone is 1. The minimum atomic E-state index is -3.98. The second kappa shape index (κ2) is 8.21. The summed E-state index contributed by atoms with van der Waals surface area (Å²) in [5, 5.41) is 21.3. The molecule has 0 aliphatic carbocycles. The average Bonchev–Trinajstić information content (AvgIpc) is 2.61. The third kappa shape index (κ3) is 4.17. The highest BCUT2D eigenvalue weighted by molar-refractivity contribution is 8.04. The maximum absolute atomic E-state index is 12.7. The van der Waals surface area contributed by atoms with Crippen molar-refractivity contribution >= 4 is 27.3 Å². The van der Waals surface area contributed by atoms with E-state index in [0.717, 1.165) is 11.8 Å². The Labute approximate surface area is 145 Å². The first-order valence-electron chi connectivity index (χ1n) is 6.86. The molecule has 2 aromatic carbocycles. The van der Waals surface area contributed by atoms with Gasteiger partial charge in [0.1, 0.15) is 11.1 Å². The van der Waals surface area contributed by atoms with E-state index in [-0.39, 0.29) is 15.7 Å². The van der Waals surface area contributed by atoms with Gasteiger partial charge in [-0.1, -0.05) is 48.2 Å². The van der Waals surface area contributed by atoms with E-state index in [1.165, 1.54) is 12.1 Å². The predicted octanol–water partition coefficient (Wildman–Crippen LogP) is 3.52. The van der Waals surface area contributed by atoms with Gasteiger partial charge < -0.3 is 5.32 Å². The number of para-hydroxylation sites is 1. The number of nitriles is 2. The highest BCUT2D eigenvalue weighted by Crippen LogP contribution is 2.28. The Kier molecular flexibility index (Phi) is 6.02. The number of rotatable bonds is 6. The van der Waals surface area contributed by atoms with E-state index in [4.69, 9.17) is 5.26 Å². The molecule has 0 aromatic heterocycles. The van der Waals surface area contributed by atoms with Crippen LogP contribution in [0.2, 0.25) is 0 Å². The zero-order valence-electron chi connectivity index (χ0n) is 12.5. The molecule has 0 bridgehead atoms. The molecule has 0 atom stereocenters. The van der Waals surface area contributed by atoms with Gasteiger partial charge in [-0.05, 0) is 24.3 Å². The molecule has 2 aromatic rings. The fourth-order valence-corrected chi connectivity index (χ4v) is 4.11. The van der Waals surface area contributed by atoms with Crippen LogP contribution in [0.3, 0.4) is 0 Å². The van der Waals surface area contributed by atoms with Crippen molar-refractivity contribution in [2.45, 2.75) is 4.90 Å². The highest BCUT2D eigenvalue weighted by atomic mass is 32.2. The molecule has 0 aliphatic heterocycles. The van der Waals surface area contributed by atoms with Crippen molar-refractivity contribution < 1.29 is 8.42 Å². The molecule has 0 fully saturated rings. The number of thioether (sulfide) groups is 1. The lowest BCUT2D eigenvalue weighted by Gasteiger charge is -2.12. The van der Waals surface area contributed by atoms with Crippen molar-refractivity contribution in [3.05, 3.63) is 70.6 Å². The molecule has 24 heavy (non-hydrogen) atoms. The van der Waals surface area contributed by atoms with Crippen molar-refractivity contribution in [1.29, 1.82) is 10.5 Å². The van der Waals surface area contributed by atoms with E-state index < -0.39 is 14.7 Å². The highest BCUT2D eigenvalue weighted by Gasteiger charge is 2.25. The molecule has 0 spiro atoms. The summed E-state index contributed by atoms with van der Waals surface area (Å²) in [4.78, 5) is -0.371. The van der Waals surface area contributed by atoms with Crippen LogP contribution in [0.15, 0.2) is 75.5 Å². The van der Waals surface area contributed by atoms with Gasteiger partial charge in [0, 0.05) is 5.69 Å². The van der Waals surface area contributed by atoms with E-state index in [1.807, 2.05) is 12.1 Å². The molecule has 0 saturated carbocycles. The number of anilines is 1. The number of nitrogens with zero attached hydrogens (tertiary/aromatic N) is 2. The molecular formula is C17H13N3O2S2. The van der Waals surface area contributed by atoms with Crippen LogP contribution in [0.1, 0.15) is 0 Å². The monoisotopic (exact) mass is 355 g/mol. The van der Waals surface area contributed by atoms with Gasteiger partial charge in [-0.15, -0.1) is 0 Å². The normalized spacial score (nSPS) is 11.8. The SMILES string of the molecule is N#CCS/C(Nc1ccccc1)=C(\C#N)S(=O)(=O)c1ccccc1. The Bertz CT molecular complexity index is 910. The second-order valence-electron chi connectivity index (χ2n) is 4.52. The summed E-state index contributed by atoms with van der Waals surface area (Å²) in [5.74, 6) is 0.0185. The molecule has 2 rings (SSSR count). The summed E-state index contributed by atoms with van der Waals surface area (Å²) in [6.07, 6.45) is 0. The maximum Gasteiger partial charge on any atom is 0.219 e. The smallest absolute Gasteiger partial charge is 0.219 e. The van der Waals surface area contributed by atoms with Crippen LogP contribution in [-0.2, 0) is 9.84 Å². The average molecular weight is 355 g/mol. The Morgan fingerprint density at radius 1 is 1.00 bits per heavy atom. The van der Waals surface area contributed by atoms with Crippen molar-refractivity contribution in [2.75, 3.05) is 11.1 Å². The Morgan fingerprint density at radius 3 is 2.12 bits per heavy atom. The van der Waals surface area contributed by atoms with Gasteiger partial charge in [0.05, 0.1) is 16.7 Å². The van der Waals surface area contributed by atoms with Crippen LogP contribution in [0, 0.1) is 22.7 Å². The number of sulfone groups is 1. The third-order valence-electron chi connectivity index (χ3n) is 2.94.